The predicted molar refractivity (Wildman–Crippen MR) is 50.5 cm³/mol. The minimum Gasteiger partial charge on any atom is -0.387 e. The van der Waals surface area contributed by atoms with Crippen molar-refractivity contribution in [1.82, 2.24) is 9.78 Å². The molecule has 1 aromatic heterocycles. The van der Waals surface area contributed by atoms with Gasteiger partial charge >= 0.3 is 0 Å². The van der Waals surface area contributed by atoms with Crippen molar-refractivity contribution in [2.75, 3.05) is 0 Å². The predicted octanol–water partition coefficient (Wildman–Crippen LogP) is 1.91. The van der Waals surface area contributed by atoms with E-state index in [1.54, 1.807) is 17.9 Å². The molecule has 1 aliphatic rings. The Bertz CT molecular complexity index is 287. The van der Waals surface area contributed by atoms with Crippen LogP contribution in [0.3, 0.4) is 0 Å². The Morgan fingerprint density at radius 2 is 2.46 bits per heavy atom. The molecule has 13 heavy (non-hydrogen) atoms. The summed E-state index contributed by atoms with van der Waals surface area (Å²) in [5.74, 6) is 0.695. The number of aryl methyl sites for hydroxylation is 1. The maximum Gasteiger partial charge on any atom is 0.0974 e. The third-order valence-corrected chi connectivity index (χ3v) is 2.80. The van der Waals surface area contributed by atoms with Crippen LogP contribution in [0, 0.1) is 5.92 Å². The minimum absolute atomic E-state index is 0.451. The molecular weight excluding hydrogens is 188 g/mol. The molecule has 1 heterocycles. The third kappa shape index (κ3) is 1.86. The molecule has 1 saturated carbocycles. The van der Waals surface area contributed by atoms with Crippen LogP contribution >= 0.6 is 11.6 Å². The van der Waals surface area contributed by atoms with Crippen molar-refractivity contribution in [3.63, 3.8) is 0 Å². The average Bonchev–Trinajstić information content (AvgIpc) is 2.79. The molecule has 0 amide bonds. The summed E-state index contributed by atoms with van der Waals surface area (Å²) in [5, 5.41) is 14.4. The van der Waals surface area contributed by atoms with Gasteiger partial charge in [0.25, 0.3) is 0 Å². The average molecular weight is 201 g/mol. The largest absolute Gasteiger partial charge is 0.387 e. The quantitative estimate of drug-likeness (QED) is 0.810. The summed E-state index contributed by atoms with van der Waals surface area (Å²) < 4.78 is 1.65. The van der Waals surface area contributed by atoms with Gasteiger partial charge in [-0.25, -0.2) is 0 Å². The van der Waals surface area contributed by atoms with Gasteiger partial charge in [-0.1, -0.05) is 24.4 Å². The van der Waals surface area contributed by atoms with Gasteiger partial charge in [-0.15, -0.1) is 0 Å². The van der Waals surface area contributed by atoms with Gasteiger partial charge < -0.3 is 5.11 Å². The van der Waals surface area contributed by atoms with Crippen LogP contribution in [0.5, 0.6) is 0 Å². The van der Waals surface area contributed by atoms with E-state index >= 15 is 0 Å². The number of hydrogen-bond acceptors (Lipinski definition) is 2. The van der Waals surface area contributed by atoms with Crippen molar-refractivity contribution in [1.29, 1.82) is 0 Å². The number of aromatic nitrogens is 2. The highest BCUT2D eigenvalue weighted by Gasteiger charge is 2.27. The van der Waals surface area contributed by atoms with E-state index in [1.807, 2.05) is 0 Å². The maximum atomic E-state index is 9.84. The molecule has 1 N–H and O–H groups in total. The van der Waals surface area contributed by atoms with Crippen LogP contribution in [0.15, 0.2) is 6.20 Å². The standard InChI is InChI=1S/C9H13ClN2O/c1-12-9(7(10)5-11-12)8(13)4-6-2-3-6/h5-6,8,13H,2-4H2,1H3. The summed E-state index contributed by atoms with van der Waals surface area (Å²) in [6, 6.07) is 0. The summed E-state index contributed by atoms with van der Waals surface area (Å²) >= 11 is 5.90. The van der Waals surface area contributed by atoms with Crippen LogP contribution < -0.4 is 0 Å². The highest BCUT2D eigenvalue weighted by molar-refractivity contribution is 6.31. The Kier molecular flexibility index (Phi) is 2.30. The Balaban J connectivity index is 2.12. The zero-order valence-electron chi connectivity index (χ0n) is 7.57. The van der Waals surface area contributed by atoms with Crippen LogP contribution in [-0.2, 0) is 7.05 Å². The van der Waals surface area contributed by atoms with Gasteiger partial charge in [0.15, 0.2) is 0 Å². The summed E-state index contributed by atoms with van der Waals surface area (Å²) in [4.78, 5) is 0. The maximum absolute atomic E-state index is 9.84. The van der Waals surface area contributed by atoms with Crippen LogP contribution in [0.2, 0.25) is 5.02 Å². The number of hydrogen-bond donors (Lipinski definition) is 1. The molecule has 0 saturated heterocycles. The highest BCUT2D eigenvalue weighted by atomic mass is 35.5. The molecule has 72 valence electrons. The molecule has 4 heteroatoms. The fourth-order valence-corrected chi connectivity index (χ4v) is 1.87. The van der Waals surface area contributed by atoms with E-state index in [9.17, 15) is 5.11 Å². The number of nitrogens with zero attached hydrogens (tertiary/aromatic N) is 2. The highest BCUT2D eigenvalue weighted by Crippen LogP contribution is 2.38. The molecule has 1 unspecified atom stereocenters. The molecule has 3 nitrogen and oxygen atoms in total. The van der Waals surface area contributed by atoms with Crippen LogP contribution in [0.25, 0.3) is 0 Å². The third-order valence-electron chi connectivity index (χ3n) is 2.51. The van der Waals surface area contributed by atoms with Gasteiger partial charge in [0.1, 0.15) is 0 Å². The first-order valence-corrected chi connectivity index (χ1v) is 4.91. The zero-order valence-corrected chi connectivity index (χ0v) is 8.33. The van der Waals surface area contributed by atoms with E-state index in [2.05, 4.69) is 5.10 Å². The molecule has 0 spiro atoms. The van der Waals surface area contributed by atoms with Gasteiger partial charge in [0, 0.05) is 7.05 Å². The Hall–Kier alpha value is -0.540. The van der Waals surface area contributed by atoms with Gasteiger partial charge in [0.05, 0.1) is 23.0 Å². The van der Waals surface area contributed by atoms with Crippen LogP contribution in [0.4, 0.5) is 0 Å². The number of aliphatic hydroxyl groups is 1. The lowest BCUT2D eigenvalue weighted by Gasteiger charge is -2.10. The molecule has 1 aliphatic carbocycles. The topological polar surface area (TPSA) is 38.0 Å². The molecule has 1 aromatic rings. The molecular formula is C9H13ClN2O. The van der Waals surface area contributed by atoms with Gasteiger partial charge in [-0.05, 0) is 12.3 Å². The lowest BCUT2D eigenvalue weighted by Crippen LogP contribution is -2.06. The van der Waals surface area contributed by atoms with E-state index in [0.717, 1.165) is 12.1 Å². The second-order valence-corrected chi connectivity index (χ2v) is 4.10. The second kappa shape index (κ2) is 3.31. The zero-order chi connectivity index (χ0) is 9.42. The molecule has 0 bridgehead atoms. The number of halogens is 1. The molecule has 1 fully saturated rings. The normalized spacial score (nSPS) is 19.0. The SMILES string of the molecule is Cn1ncc(Cl)c1C(O)CC1CC1. The second-order valence-electron chi connectivity index (χ2n) is 3.70. The molecule has 1 atom stereocenters. The first kappa shape index (κ1) is 9.03. The number of rotatable bonds is 3. The van der Waals surface area contributed by atoms with Gasteiger partial charge in [-0.2, -0.15) is 5.10 Å². The van der Waals surface area contributed by atoms with Crippen molar-refractivity contribution >= 4 is 11.6 Å². The Morgan fingerprint density at radius 1 is 1.77 bits per heavy atom. The van der Waals surface area contributed by atoms with Crippen LogP contribution in [-0.4, -0.2) is 14.9 Å². The van der Waals surface area contributed by atoms with E-state index in [-0.39, 0.29) is 0 Å². The lowest BCUT2D eigenvalue weighted by atomic mass is 10.1. The van der Waals surface area contributed by atoms with E-state index in [0.29, 0.717) is 10.9 Å². The fourth-order valence-electron chi connectivity index (χ4n) is 1.58. The monoisotopic (exact) mass is 200 g/mol. The van der Waals surface area contributed by atoms with Crippen molar-refractivity contribution in [3.8, 4) is 0 Å². The molecule has 2 rings (SSSR count). The first-order chi connectivity index (χ1) is 6.18. The molecule has 0 aromatic carbocycles. The minimum atomic E-state index is -0.451. The first-order valence-electron chi connectivity index (χ1n) is 4.54. The van der Waals surface area contributed by atoms with Crippen LogP contribution in [0.1, 0.15) is 31.1 Å². The summed E-state index contributed by atoms with van der Waals surface area (Å²) in [6.07, 6.45) is 4.43. The fraction of sp³-hybridized carbons (Fsp3) is 0.667. The van der Waals surface area contributed by atoms with E-state index in [1.165, 1.54) is 12.8 Å². The number of aliphatic hydroxyl groups excluding tert-OH is 1. The Labute approximate surface area is 82.3 Å². The van der Waals surface area contributed by atoms with Crippen molar-refractivity contribution in [2.24, 2.45) is 13.0 Å². The Morgan fingerprint density at radius 3 is 2.92 bits per heavy atom. The van der Waals surface area contributed by atoms with E-state index < -0.39 is 6.10 Å². The summed E-state index contributed by atoms with van der Waals surface area (Å²) in [6.45, 7) is 0. The van der Waals surface area contributed by atoms with Gasteiger partial charge in [0.2, 0.25) is 0 Å². The van der Waals surface area contributed by atoms with Gasteiger partial charge in [-0.3, -0.25) is 4.68 Å². The summed E-state index contributed by atoms with van der Waals surface area (Å²) in [7, 11) is 1.80. The van der Waals surface area contributed by atoms with Crippen molar-refractivity contribution in [2.45, 2.75) is 25.4 Å². The van der Waals surface area contributed by atoms with Crippen molar-refractivity contribution < 1.29 is 5.11 Å². The lowest BCUT2D eigenvalue weighted by molar-refractivity contribution is 0.151. The van der Waals surface area contributed by atoms with Crippen molar-refractivity contribution in [3.05, 3.63) is 16.9 Å². The molecule has 0 radical (unpaired) electrons. The molecule has 0 aliphatic heterocycles. The summed E-state index contributed by atoms with van der Waals surface area (Å²) in [5.41, 5.74) is 0.744. The smallest absolute Gasteiger partial charge is 0.0974 e. The van der Waals surface area contributed by atoms with E-state index in [4.69, 9.17) is 11.6 Å².